The van der Waals surface area contributed by atoms with Gasteiger partial charge in [-0.25, -0.2) is 4.79 Å². The van der Waals surface area contributed by atoms with E-state index in [1.165, 1.54) is 4.90 Å². The maximum Gasteiger partial charge on any atom is 0.408 e. The molecule has 0 bridgehead atoms. The zero-order chi connectivity index (χ0) is 18.8. The number of benzene rings is 1. The Morgan fingerprint density at radius 2 is 2.08 bits per heavy atom. The summed E-state index contributed by atoms with van der Waals surface area (Å²) in [6.07, 6.45) is 0.740. The van der Waals surface area contributed by atoms with Gasteiger partial charge in [0.05, 0.1) is 11.7 Å². The summed E-state index contributed by atoms with van der Waals surface area (Å²) >= 11 is 0. The minimum Gasteiger partial charge on any atom is -0.491 e. The molecule has 2 aromatic rings. The summed E-state index contributed by atoms with van der Waals surface area (Å²) in [6, 6.07) is 6.96. The number of rotatable bonds is 5. The first kappa shape index (κ1) is 18.6. The highest BCUT2D eigenvalue weighted by Gasteiger charge is 2.31. The van der Waals surface area contributed by atoms with Crippen LogP contribution in [-0.4, -0.2) is 44.1 Å². The fourth-order valence-electron chi connectivity index (χ4n) is 2.93. The number of aromatic nitrogens is 2. The lowest BCUT2D eigenvalue weighted by atomic mass is 10.0. The Hall–Kier alpha value is -2.70. The Morgan fingerprint density at radius 3 is 2.60 bits per heavy atom. The Bertz CT molecular complexity index is 749. The molecule has 0 saturated heterocycles. The summed E-state index contributed by atoms with van der Waals surface area (Å²) in [6.45, 7) is 7.66. The Labute approximate surface area is 148 Å². The molecule has 1 atom stereocenters. The molecule has 0 aliphatic carbocycles. The lowest BCUT2D eigenvalue weighted by Crippen LogP contribution is -2.52. The predicted molar refractivity (Wildman–Crippen MR) is 97.6 cm³/mol. The third-order valence-electron chi connectivity index (χ3n) is 3.95. The van der Waals surface area contributed by atoms with Gasteiger partial charge in [0, 0.05) is 30.0 Å². The van der Waals surface area contributed by atoms with Crippen LogP contribution < -0.4 is 10.5 Å². The minimum absolute atomic E-state index is 0.234. The van der Waals surface area contributed by atoms with Crippen LogP contribution in [0.2, 0.25) is 0 Å². The van der Waals surface area contributed by atoms with Crippen molar-refractivity contribution in [1.29, 1.82) is 0 Å². The number of aryl methyl sites for hydroxylation is 1. The third kappa shape index (κ3) is 4.23. The van der Waals surface area contributed by atoms with Crippen molar-refractivity contribution in [1.82, 2.24) is 14.7 Å². The van der Waals surface area contributed by atoms with E-state index >= 15 is 0 Å². The second kappa shape index (κ2) is 7.04. The SMILES string of the molecule is C[C@@H](COc1ccc(N)cc1-c1ccnn1C)N(C(=O)O)C(C)(C)C. The van der Waals surface area contributed by atoms with Crippen LogP contribution in [0.5, 0.6) is 5.75 Å². The number of carboxylic acid groups (broad SMARTS) is 1. The number of nitrogen functional groups attached to an aromatic ring is 1. The van der Waals surface area contributed by atoms with E-state index in [1.54, 1.807) is 23.0 Å². The molecule has 1 aromatic carbocycles. The molecule has 0 fully saturated rings. The van der Waals surface area contributed by atoms with Gasteiger partial charge in [0.15, 0.2) is 0 Å². The van der Waals surface area contributed by atoms with E-state index in [0.717, 1.165) is 11.3 Å². The van der Waals surface area contributed by atoms with Gasteiger partial charge < -0.3 is 15.6 Å². The maximum absolute atomic E-state index is 11.6. The average molecular weight is 346 g/mol. The highest BCUT2D eigenvalue weighted by Crippen LogP contribution is 2.32. The summed E-state index contributed by atoms with van der Waals surface area (Å²) in [7, 11) is 1.84. The van der Waals surface area contributed by atoms with E-state index in [4.69, 9.17) is 10.5 Å². The highest BCUT2D eigenvalue weighted by atomic mass is 16.5. The topological polar surface area (TPSA) is 93.6 Å². The van der Waals surface area contributed by atoms with Crippen LogP contribution >= 0.6 is 0 Å². The first-order valence-corrected chi connectivity index (χ1v) is 8.14. The van der Waals surface area contributed by atoms with Gasteiger partial charge in [0.25, 0.3) is 0 Å². The largest absolute Gasteiger partial charge is 0.491 e. The maximum atomic E-state index is 11.6. The number of carbonyl (C=O) groups is 1. The first-order valence-electron chi connectivity index (χ1n) is 8.14. The molecule has 0 radical (unpaired) electrons. The standard InChI is InChI=1S/C18H26N4O3/c1-12(22(17(23)24)18(2,3)4)11-25-16-7-6-13(19)10-14(16)15-8-9-20-21(15)5/h6-10,12H,11,19H2,1-5H3,(H,23,24)/t12-/m0/s1. The van der Waals surface area contributed by atoms with E-state index in [9.17, 15) is 9.90 Å². The minimum atomic E-state index is -0.965. The number of hydrogen-bond acceptors (Lipinski definition) is 4. The zero-order valence-corrected chi connectivity index (χ0v) is 15.4. The predicted octanol–water partition coefficient (Wildman–Crippen LogP) is 3.22. The van der Waals surface area contributed by atoms with Crippen LogP contribution in [0.4, 0.5) is 10.5 Å². The molecule has 1 heterocycles. The van der Waals surface area contributed by atoms with Gasteiger partial charge in [-0.05, 0) is 52.0 Å². The molecule has 1 aromatic heterocycles. The fraction of sp³-hybridized carbons (Fsp3) is 0.444. The summed E-state index contributed by atoms with van der Waals surface area (Å²) in [5, 5.41) is 13.7. The number of anilines is 1. The van der Waals surface area contributed by atoms with E-state index < -0.39 is 11.6 Å². The Balaban J connectivity index is 2.24. The smallest absolute Gasteiger partial charge is 0.408 e. The molecular formula is C18H26N4O3. The molecule has 136 valence electrons. The number of nitrogens with zero attached hydrogens (tertiary/aromatic N) is 3. The van der Waals surface area contributed by atoms with Crippen LogP contribution in [-0.2, 0) is 7.05 Å². The number of amides is 1. The zero-order valence-electron chi connectivity index (χ0n) is 15.4. The summed E-state index contributed by atoms with van der Waals surface area (Å²) < 4.78 is 7.70. The van der Waals surface area contributed by atoms with Crippen molar-refractivity contribution in [3.8, 4) is 17.0 Å². The lowest BCUT2D eigenvalue weighted by molar-refractivity contribution is 0.0579. The molecule has 0 spiro atoms. The molecule has 7 nitrogen and oxygen atoms in total. The lowest BCUT2D eigenvalue weighted by Gasteiger charge is -2.37. The van der Waals surface area contributed by atoms with Gasteiger partial charge in [0.2, 0.25) is 0 Å². The van der Waals surface area contributed by atoms with E-state index in [0.29, 0.717) is 11.4 Å². The van der Waals surface area contributed by atoms with Crippen LogP contribution in [0.3, 0.4) is 0 Å². The van der Waals surface area contributed by atoms with Crippen molar-refractivity contribution in [2.45, 2.75) is 39.3 Å². The summed E-state index contributed by atoms with van der Waals surface area (Å²) in [5.41, 5.74) is 7.72. The second-order valence-electron chi connectivity index (χ2n) is 7.08. The highest BCUT2D eigenvalue weighted by molar-refractivity contribution is 5.71. The van der Waals surface area contributed by atoms with Gasteiger partial charge in [-0.1, -0.05) is 0 Å². The van der Waals surface area contributed by atoms with Crippen LogP contribution in [0, 0.1) is 0 Å². The summed E-state index contributed by atoms with van der Waals surface area (Å²) in [5.74, 6) is 0.642. The Morgan fingerprint density at radius 1 is 1.40 bits per heavy atom. The third-order valence-corrected chi connectivity index (χ3v) is 3.95. The molecule has 2 rings (SSSR count). The molecule has 0 unspecified atom stereocenters. The van der Waals surface area contributed by atoms with Crippen molar-refractivity contribution < 1.29 is 14.6 Å². The van der Waals surface area contributed by atoms with Gasteiger partial charge in [0.1, 0.15) is 12.4 Å². The quantitative estimate of drug-likeness (QED) is 0.811. The van der Waals surface area contributed by atoms with Crippen molar-refractivity contribution in [3.05, 3.63) is 30.5 Å². The van der Waals surface area contributed by atoms with Gasteiger partial charge in [-0.3, -0.25) is 9.58 Å². The van der Waals surface area contributed by atoms with Gasteiger partial charge in [-0.15, -0.1) is 0 Å². The number of ether oxygens (including phenoxy) is 1. The molecule has 0 saturated carbocycles. The molecule has 0 aliphatic rings. The monoisotopic (exact) mass is 346 g/mol. The number of hydrogen-bond donors (Lipinski definition) is 2. The van der Waals surface area contributed by atoms with E-state index in [2.05, 4.69) is 5.10 Å². The van der Waals surface area contributed by atoms with Crippen molar-refractivity contribution in [2.75, 3.05) is 12.3 Å². The fourth-order valence-corrected chi connectivity index (χ4v) is 2.93. The van der Waals surface area contributed by atoms with Crippen molar-refractivity contribution in [3.63, 3.8) is 0 Å². The second-order valence-corrected chi connectivity index (χ2v) is 7.08. The van der Waals surface area contributed by atoms with Gasteiger partial charge in [-0.2, -0.15) is 5.10 Å². The molecule has 3 N–H and O–H groups in total. The molecule has 0 aliphatic heterocycles. The molecule has 25 heavy (non-hydrogen) atoms. The summed E-state index contributed by atoms with van der Waals surface area (Å²) in [4.78, 5) is 13.0. The van der Waals surface area contributed by atoms with Gasteiger partial charge >= 0.3 is 6.09 Å². The van der Waals surface area contributed by atoms with Crippen molar-refractivity contribution in [2.24, 2.45) is 7.05 Å². The van der Waals surface area contributed by atoms with Crippen LogP contribution in [0.1, 0.15) is 27.7 Å². The normalized spacial score (nSPS) is 12.7. The average Bonchev–Trinajstić information content (AvgIpc) is 2.90. The molecular weight excluding hydrogens is 320 g/mol. The van der Waals surface area contributed by atoms with Crippen LogP contribution in [0.15, 0.2) is 30.5 Å². The first-order chi connectivity index (χ1) is 11.6. The van der Waals surface area contributed by atoms with Crippen LogP contribution in [0.25, 0.3) is 11.3 Å². The van der Waals surface area contributed by atoms with Crippen molar-refractivity contribution >= 4 is 11.8 Å². The van der Waals surface area contributed by atoms with E-state index in [1.807, 2.05) is 46.9 Å². The molecule has 7 heteroatoms. The molecule has 1 amide bonds. The van der Waals surface area contributed by atoms with E-state index in [-0.39, 0.29) is 12.6 Å². The Kier molecular flexibility index (Phi) is 5.25. The number of nitrogens with two attached hydrogens (primary N) is 1.